The highest BCUT2D eigenvalue weighted by molar-refractivity contribution is 5.85. The standard InChI is InChI=1S/C15H20F2N2O2/c16-15(17)6-10(15)11(20)19-14-4-8-1-9(5-14)3-13(2-8,7-14)12(18)21/h8-10H,1-7H2,(H2,18,21)(H,19,20). The fraction of sp³-hybridized carbons (Fsp3) is 0.867. The SMILES string of the molecule is NC(=O)C12CC3CC(CC(NC(=O)C4CC4(F)F)(C3)C1)C2. The molecule has 0 aromatic rings. The largest absolute Gasteiger partial charge is 0.369 e. The van der Waals surface area contributed by atoms with E-state index in [9.17, 15) is 18.4 Å². The zero-order chi connectivity index (χ0) is 15.0. The van der Waals surface area contributed by atoms with Gasteiger partial charge in [-0.05, 0) is 50.4 Å². The van der Waals surface area contributed by atoms with E-state index in [1.807, 2.05) is 0 Å². The molecule has 0 spiro atoms. The van der Waals surface area contributed by atoms with Crippen LogP contribution < -0.4 is 11.1 Å². The van der Waals surface area contributed by atoms with E-state index in [1.54, 1.807) is 0 Å². The van der Waals surface area contributed by atoms with Crippen LogP contribution in [0.1, 0.15) is 44.9 Å². The molecule has 0 aromatic carbocycles. The lowest BCUT2D eigenvalue weighted by Gasteiger charge is -2.61. The maximum Gasteiger partial charge on any atom is 0.260 e. The number of primary amides is 1. The van der Waals surface area contributed by atoms with Gasteiger partial charge in [-0.1, -0.05) is 0 Å². The Bertz CT molecular complexity index is 520. The number of hydrogen-bond acceptors (Lipinski definition) is 2. The molecular formula is C15H20F2N2O2. The van der Waals surface area contributed by atoms with Crippen molar-refractivity contribution in [3.05, 3.63) is 0 Å². The molecule has 3 atom stereocenters. The first kappa shape index (κ1) is 13.5. The van der Waals surface area contributed by atoms with Crippen molar-refractivity contribution in [2.45, 2.75) is 56.4 Å². The fourth-order valence-electron chi connectivity index (χ4n) is 5.54. The Morgan fingerprint density at radius 3 is 2.10 bits per heavy atom. The smallest absolute Gasteiger partial charge is 0.260 e. The van der Waals surface area contributed by atoms with Crippen LogP contribution in [-0.2, 0) is 9.59 Å². The van der Waals surface area contributed by atoms with Crippen molar-refractivity contribution >= 4 is 11.8 Å². The molecular weight excluding hydrogens is 278 g/mol. The molecule has 4 bridgehead atoms. The van der Waals surface area contributed by atoms with Gasteiger partial charge in [0.05, 0.1) is 5.41 Å². The van der Waals surface area contributed by atoms with Crippen LogP contribution in [0.2, 0.25) is 0 Å². The van der Waals surface area contributed by atoms with Crippen molar-refractivity contribution in [2.75, 3.05) is 0 Å². The van der Waals surface area contributed by atoms with Crippen LogP contribution in [0.3, 0.4) is 0 Å². The normalized spacial score (nSPS) is 49.0. The van der Waals surface area contributed by atoms with Gasteiger partial charge in [-0.2, -0.15) is 0 Å². The van der Waals surface area contributed by atoms with Gasteiger partial charge in [0, 0.05) is 12.0 Å². The minimum Gasteiger partial charge on any atom is -0.369 e. The Labute approximate surface area is 121 Å². The molecule has 2 amide bonds. The predicted molar refractivity (Wildman–Crippen MR) is 70.2 cm³/mol. The molecule has 5 saturated carbocycles. The lowest BCUT2D eigenvalue weighted by Crippen LogP contribution is -2.65. The van der Waals surface area contributed by atoms with Gasteiger partial charge in [0.2, 0.25) is 11.8 Å². The molecule has 116 valence electrons. The van der Waals surface area contributed by atoms with Crippen molar-refractivity contribution < 1.29 is 18.4 Å². The molecule has 5 fully saturated rings. The van der Waals surface area contributed by atoms with Gasteiger partial charge < -0.3 is 11.1 Å². The summed E-state index contributed by atoms with van der Waals surface area (Å²) in [7, 11) is 0. The quantitative estimate of drug-likeness (QED) is 0.830. The molecule has 21 heavy (non-hydrogen) atoms. The Balaban J connectivity index is 1.57. The van der Waals surface area contributed by atoms with Crippen LogP contribution in [0, 0.1) is 23.2 Å². The number of nitrogens with two attached hydrogens (primary N) is 1. The van der Waals surface area contributed by atoms with Gasteiger partial charge in [0.15, 0.2) is 0 Å². The predicted octanol–water partition coefficient (Wildman–Crippen LogP) is 1.58. The summed E-state index contributed by atoms with van der Waals surface area (Å²) in [5.74, 6) is -4.06. The third-order valence-corrected chi connectivity index (χ3v) is 6.11. The summed E-state index contributed by atoms with van der Waals surface area (Å²) in [6.45, 7) is 0. The van der Waals surface area contributed by atoms with Crippen LogP contribution in [0.4, 0.5) is 8.78 Å². The van der Waals surface area contributed by atoms with Gasteiger partial charge in [-0.15, -0.1) is 0 Å². The summed E-state index contributed by atoms with van der Waals surface area (Å²) in [6.07, 6.45) is 4.48. The second kappa shape index (κ2) is 3.76. The maximum absolute atomic E-state index is 13.1. The topological polar surface area (TPSA) is 72.2 Å². The monoisotopic (exact) mass is 298 g/mol. The number of carbonyl (C=O) groups excluding carboxylic acids is 2. The van der Waals surface area contributed by atoms with E-state index in [1.165, 1.54) is 0 Å². The molecule has 5 rings (SSSR count). The number of amides is 2. The number of hydrogen-bond donors (Lipinski definition) is 2. The molecule has 0 saturated heterocycles. The van der Waals surface area contributed by atoms with E-state index in [0.717, 1.165) is 32.1 Å². The minimum atomic E-state index is -2.84. The highest BCUT2D eigenvalue weighted by Gasteiger charge is 2.64. The van der Waals surface area contributed by atoms with Crippen LogP contribution in [0.5, 0.6) is 0 Å². The number of halogens is 2. The Morgan fingerprint density at radius 1 is 1.05 bits per heavy atom. The van der Waals surface area contributed by atoms with E-state index in [2.05, 4.69) is 5.32 Å². The van der Waals surface area contributed by atoms with Gasteiger partial charge in [0.1, 0.15) is 5.92 Å². The van der Waals surface area contributed by atoms with E-state index in [4.69, 9.17) is 5.73 Å². The molecule has 6 heteroatoms. The number of carbonyl (C=O) groups is 2. The third-order valence-electron chi connectivity index (χ3n) is 6.11. The van der Waals surface area contributed by atoms with Crippen molar-refractivity contribution in [3.63, 3.8) is 0 Å². The first-order valence-corrected chi connectivity index (χ1v) is 7.73. The highest BCUT2D eigenvalue weighted by Crippen LogP contribution is 2.62. The number of rotatable bonds is 3. The highest BCUT2D eigenvalue weighted by atomic mass is 19.3. The summed E-state index contributed by atoms with van der Waals surface area (Å²) in [5, 5.41) is 2.90. The maximum atomic E-state index is 13.1. The second-order valence-corrected chi connectivity index (χ2v) is 7.89. The van der Waals surface area contributed by atoms with Gasteiger partial charge in [-0.25, -0.2) is 8.78 Å². The van der Waals surface area contributed by atoms with Crippen molar-refractivity contribution in [2.24, 2.45) is 28.9 Å². The van der Waals surface area contributed by atoms with Gasteiger partial charge >= 0.3 is 0 Å². The average Bonchev–Trinajstić information content (AvgIpc) is 2.96. The Kier molecular flexibility index (Phi) is 2.41. The van der Waals surface area contributed by atoms with Crippen LogP contribution in [-0.4, -0.2) is 23.3 Å². The van der Waals surface area contributed by atoms with E-state index in [0.29, 0.717) is 18.3 Å². The van der Waals surface area contributed by atoms with Crippen LogP contribution in [0.15, 0.2) is 0 Å². The first-order valence-electron chi connectivity index (χ1n) is 7.73. The summed E-state index contributed by atoms with van der Waals surface area (Å²) >= 11 is 0. The summed E-state index contributed by atoms with van der Waals surface area (Å²) in [6, 6.07) is 0. The Morgan fingerprint density at radius 2 is 1.62 bits per heavy atom. The van der Waals surface area contributed by atoms with E-state index in [-0.39, 0.29) is 12.3 Å². The van der Waals surface area contributed by atoms with Crippen LogP contribution >= 0.6 is 0 Å². The van der Waals surface area contributed by atoms with E-state index >= 15 is 0 Å². The average molecular weight is 298 g/mol. The molecule has 0 aliphatic heterocycles. The number of alkyl halides is 2. The molecule has 5 aliphatic carbocycles. The second-order valence-electron chi connectivity index (χ2n) is 7.89. The van der Waals surface area contributed by atoms with Crippen molar-refractivity contribution in [1.29, 1.82) is 0 Å². The lowest BCUT2D eigenvalue weighted by atomic mass is 9.46. The molecule has 0 aromatic heterocycles. The summed E-state index contributed by atoms with van der Waals surface area (Å²) in [5.41, 5.74) is 4.62. The Hall–Kier alpha value is -1.20. The fourth-order valence-corrected chi connectivity index (χ4v) is 5.54. The minimum absolute atomic E-state index is 0.285. The van der Waals surface area contributed by atoms with Gasteiger partial charge in [0.25, 0.3) is 5.92 Å². The number of nitrogens with one attached hydrogen (secondary N) is 1. The summed E-state index contributed by atoms with van der Waals surface area (Å²) in [4.78, 5) is 24.0. The zero-order valence-electron chi connectivity index (χ0n) is 11.8. The molecule has 0 radical (unpaired) electrons. The molecule has 3 unspecified atom stereocenters. The zero-order valence-corrected chi connectivity index (χ0v) is 11.8. The molecule has 0 heterocycles. The lowest BCUT2D eigenvalue weighted by molar-refractivity contribution is -0.151. The van der Waals surface area contributed by atoms with Crippen LogP contribution in [0.25, 0.3) is 0 Å². The van der Waals surface area contributed by atoms with Crippen molar-refractivity contribution in [3.8, 4) is 0 Å². The summed E-state index contributed by atoms with van der Waals surface area (Å²) < 4.78 is 26.1. The van der Waals surface area contributed by atoms with Crippen molar-refractivity contribution in [1.82, 2.24) is 5.32 Å². The van der Waals surface area contributed by atoms with Gasteiger partial charge in [-0.3, -0.25) is 9.59 Å². The molecule has 3 N–H and O–H groups in total. The first-order chi connectivity index (χ1) is 9.74. The molecule has 5 aliphatic rings. The van der Waals surface area contributed by atoms with E-state index < -0.39 is 28.7 Å². The third kappa shape index (κ3) is 1.90. The molecule has 4 nitrogen and oxygen atoms in total.